The molecule has 0 N–H and O–H groups in total. The number of fused-ring (bicyclic) bond motifs is 6. The zero-order valence-corrected chi connectivity index (χ0v) is 26.3. The Labute approximate surface area is 250 Å². The highest BCUT2D eigenvalue weighted by Crippen LogP contribution is 2.44. The fraction of sp³-hybridized carbons (Fsp3) is 0.559. The van der Waals surface area contributed by atoms with Crippen LogP contribution in [-0.2, 0) is 23.0 Å². The summed E-state index contributed by atoms with van der Waals surface area (Å²) in [5.41, 5.74) is 1.71. The third-order valence-corrected chi connectivity index (χ3v) is 8.44. The number of carbonyl (C=O) groups is 1. The first kappa shape index (κ1) is 31.3. The molecule has 1 aromatic carbocycles. The van der Waals surface area contributed by atoms with Crippen molar-refractivity contribution in [2.75, 3.05) is 0 Å². The zero-order valence-electron chi connectivity index (χ0n) is 24.7. The van der Waals surface area contributed by atoms with Crippen molar-refractivity contribution >= 4 is 50.2 Å². The van der Waals surface area contributed by atoms with Gasteiger partial charge in [0.05, 0.1) is 16.3 Å². The number of unbranched alkanes of at least 4 members (excludes halogenated alkanes) is 10. The molecule has 0 spiro atoms. The van der Waals surface area contributed by atoms with E-state index in [1.807, 2.05) is 26.0 Å². The van der Waals surface area contributed by atoms with Gasteiger partial charge in [0, 0.05) is 18.1 Å². The van der Waals surface area contributed by atoms with Gasteiger partial charge in [-0.3, -0.25) is 4.79 Å². The minimum Gasteiger partial charge on any atom is -0.482 e. The van der Waals surface area contributed by atoms with E-state index in [1.165, 1.54) is 38.2 Å². The van der Waals surface area contributed by atoms with Gasteiger partial charge in [0.25, 0.3) is 0 Å². The van der Waals surface area contributed by atoms with Crippen LogP contribution in [0, 0.1) is 0 Å². The maximum atomic E-state index is 14.1. The number of alkyl halides is 1. The second-order valence-corrected chi connectivity index (χ2v) is 12.3. The average molecular weight is 628 g/mol. The number of carbonyl (C=O) groups excluding carboxylic acids is 1. The molecule has 0 saturated carbocycles. The van der Waals surface area contributed by atoms with E-state index in [4.69, 9.17) is 13.6 Å². The van der Waals surface area contributed by atoms with Crippen molar-refractivity contribution in [2.45, 2.75) is 122 Å². The summed E-state index contributed by atoms with van der Waals surface area (Å²) in [6.45, 7) is 6.01. The van der Waals surface area contributed by atoms with E-state index in [-0.39, 0.29) is 11.0 Å². The third kappa shape index (κ3) is 7.40. The fourth-order valence-electron chi connectivity index (χ4n) is 5.83. The van der Waals surface area contributed by atoms with E-state index in [0.717, 1.165) is 50.4 Å². The number of ether oxygens (including phenoxy) is 1. The Morgan fingerprint density at radius 3 is 2.15 bits per heavy atom. The molecule has 2 aromatic heterocycles. The topological polar surface area (TPSA) is 86.7 Å². The quantitative estimate of drug-likeness (QED) is 0.0518. The van der Waals surface area contributed by atoms with E-state index >= 15 is 0 Å². The van der Waals surface area contributed by atoms with E-state index in [9.17, 15) is 14.4 Å². The van der Waals surface area contributed by atoms with Gasteiger partial charge in [0.1, 0.15) is 28.8 Å². The van der Waals surface area contributed by atoms with E-state index in [0.29, 0.717) is 63.6 Å². The molecule has 1 aliphatic rings. The van der Waals surface area contributed by atoms with Gasteiger partial charge in [-0.1, -0.05) is 80.6 Å². The molecule has 222 valence electrons. The summed E-state index contributed by atoms with van der Waals surface area (Å²) in [6, 6.07) is 1.52. The van der Waals surface area contributed by atoms with Gasteiger partial charge in [-0.25, -0.2) is 4.79 Å². The maximum Gasteiger partial charge on any atom is 0.336 e. The summed E-state index contributed by atoms with van der Waals surface area (Å²) in [6.07, 6.45) is 19.1. The summed E-state index contributed by atoms with van der Waals surface area (Å²) in [5.74, 6) is 1.22. The van der Waals surface area contributed by atoms with Crippen LogP contribution < -0.4 is 15.8 Å². The van der Waals surface area contributed by atoms with Crippen LogP contribution in [-0.4, -0.2) is 11.9 Å². The summed E-state index contributed by atoms with van der Waals surface area (Å²) in [4.78, 5) is 37.2. The van der Waals surface area contributed by atoms with Crippen molar-refractivity contribution in [3.05, 3.63) is 55.2 Å². The summed E-state index contributed by atoms with van der Waals surface area (Å²) < 4.78 is 18.6. The largest absolute Gasteiger partial charge is 0.482 e. The summed E-state index contributed by atoms with van der Waals surface area (Å²) >= 11 is 3.54. The molecule has 0 amide bonds. The van der Waals surface area contributed by atoms with Crippen molar-refractivity contribution in [3.8, 4) is 5.75 Å². The highest BCUT2D eigenvalue weighted by molar-refractivity contribution is 9.08. The molecule has 3 aromatic rings. The Bertz CT molecular complexity index is 1510. The Morgan fingerprint density at radius 2 is 1.51 bits per heavy atom. The summed E-state index contributed by atoms with van der Waals surface area (Å²) in [7, 11) is 0. The van der Waals surface area contributed by atoms with E-state index < -0.39 is 11.2 Å². The number of aldehydes is 1. The Balaban J connectivity index is 1.59. The lowest BCUT2D eigenvalue weighted by Crippen LogP contribution is -2.28. The van der Waals surface area contributed by atoms with Gasteiger partial charge in [0.2, 0.25) is 0 Å². The van der Waals surface area contributed by atoms with Gasteiger partial charge in [-0.05, 0) is 57.2 Å². The molecule has 4 rings (SSSR count). The molecule has 0 fully saturated rings. The SMILES string of the molecule is CCCc1cc(=O)oc2c1c1c(c3oc(CBr)c(CCCCCCCCCCCCC=O)c(=O)c32)C=CC(C)(C)O1. The van der Waals surface area contributed by atoms with Crippen molar-refractivity contribution in [3.63, 3.8) is 0 Å². The first-order valence-electron chi connectivity index (χ1n) is 15.3. The minimum atomic E-state index is -0.553. The smallest absolute Gasteiger partial charge is 0.336 e. The van der Waals surface area contributed by atoms with Crippen LogP contribution >= 0.6 is 15.9 Å². The van der Waals surface area contributed by atoms with Gasteiger partial charge < -0.3 is 18.4 Å². The first-order valence-corrected chi connectivity index (χ1v) is 16.4. The van der Waals surface area contributed by atoms with Crippen LogP contribution in [0.2, 0.25) is 0 Å². The number of halogens is 1. The molecular formula is C34H43BrO6. The summed E-state index contributed by atoms with van der Waals surface area (Å²) in [5, 5.41) is 1.44. The minimum absolute atomic E-state index is 0.127. The molecule has 0 bridgehead atoms. The number of benzene rings is 1. The van der Waals surface area contributed by atoms with Crippen molar-refractivity contribution in [1.82, 2.24) is 0 Å². The lowest BCUT2D eigenvalue weighted by molar-refractivity contribution is -0.107. The van der Waals surface area contributed by atoms with Crippen LogP contribution in [0.1, 0.15) is 120 Å². The van der Waals surface area contributed by atoms with E-state index in [1.54, 1.807) is 0 Å². The monoisotopic (exact) mass is 626 g/mol. The molecule has 1 aliphatic heterocycles. The molecular weight excluding hydrogens is 584 g/mol. The first-order chi connectivity index (χ1) is 19.8. The van der Waals surface area contributed by atoms with Crippen LogP contribution in [0.15, 0.2) is 30.6 Å². The number of aryl methyl sites for hydroxylation is 1. The zero-order chi connectivity index (χ0) is 29.4. The van der Waals surface area contributed by atoms with Crippen molar-refractivity contribution in [2.24, 2.45) is 0 Å². The molecule has 0 radical (unpaired) electrons. The normalized spacial score (nSPS) is 14.0. The standard InChI is InChI=1S/C34H43BrO6/c1-4-16-23-21-27(37)40-33-28(23)32-25(18-19-34(2,3)41-32)31-29(33)30(38)24(26(22-35)39-31)17-14-12-10-8-6-5-7-9-11-13-15-20-36/h18-21H,4-17,22H2,1-3H3. The average Bonchev–Trinajstić information content (AvgIpc) is 2.93. The molecule has 0 aliphatic carbocycles. The van der Waals surface area contributed by atoms with Gasteiger partial charge in [-0.15, -0.1) is 0 Å². The predicted octanol–water partition coefficient (Wildman–Crippen LogP) is 8.96. The Hall–Kier alpha value is -2.67. The van der Waals surface area contributed by atoms with Gasteiger partial charge in [-0.2, -0.15) is 0 Å². The van der Waals surface area contributed by atoms with Crippen LogP contribution in [0.25, 0.3) is 28.0 Å². The second kappa shape index (κ2) is 14.5. The van der Waals surface area contributed by atoms with Crippen LogP contribution in [0.3, 0.4) is 0 Å². The van der Waals surface area contributed by atoms with E-state index in [2.05, 4.69) is 22.9 Å². The van der Waals surface area contributed by atoms with Gasteiger partial charge in [0.15, 0.2) is 16.6 Å². The number of hydrogen-bond acceptors (Lipinski definition) is 6. The molecule has 0 saturated heterocycles. The second-order valence-electron chi connectivity index (χ2n) is 11.7. The third-order valence-electron chi connectivity index (χ3n) is 7.93. The molecule has 3 heterocycles. The highest BCUT2D eigenvalue weighted by Gasteiger charge is 2.31. The number of hydrogen-bond donors (Lipinski definition) is 0. The highest BCUT2D eigenvalue weighted by atomic mass is 79.9. The number of rotatable bonds is 16. The lowest BCUT2D eigenvalue weighted by Gasteiger charge is -2.29. The maximum absolute atomic E-state index is 14.1. The molecule has 6 nitrogen and oxygen atoms in total. The van der Waals surface area contributed by atoms with Crippen LogP contribution in [0.5, 0.6) is 5.75 Å². The molecule has 0 unspecified atom stereocenters. The fourth-order valence-corrected chi connectivity index (χ4v) is 6.28. The molecule has 0 atom stereocenters. The van der Waals surface area contributed by atoms with Crippen LogP contribution in [0.4, 0.5) is 0 Å². The predicted molar refractivity (Wildman–Crippen MR) is 169 cm³/mol. The molecule has 7 heteroatoms. The van der Waals surface area contributed by atoms with Crippen molar-refractivity contribution in [1.29, 1.82) is 0 Å². The molecule has 41 heavy (non-hydrogen) atoms. The Morgan fingerprint density at radius 1 is 0.854 bits per heavy atom. The Kier molecular flexibility index (Phi) is 11.0. The van der Waals surface area contributed by atoms with Gasteiger partial charge >= 0.3 is 5.63 Å². The van der Waals surface area contributed by atoms with Crippen molar-refractivity contribution < 1.29 is 18.4 Å². The lowest BCUT2D eigenvalue weighted by atomic mass is 9.93.